The van der Waals surface area contributed by atoms with Gasteiger partial charge in [-0.3, -0.25) is 0 Å². The van der Waals surface area contributed by atoms with Gasteiger partial charge in [-0.05, 0) is 30.8 Å². The topological polar surface area (TPSA) is 29.9 Å². The number of hydrogen-bond donors (Lipinski definition) is 1. The van der Waals surface area contributed by atoms with E-state index >= 15 is 0 Å². The van der Waals surface area contributed by atoms with Crippen LogP contribution < -0.4 is 5.32 Å². The molecule has 1 atom stereocenters. The van der Waals surface area contributed by atoms with Gasteiger partial charge in [0.1, 0.15) is 11.6 Å². The van der Waals surface area contributed by atoms with Crippen LogP contribution in [0.3, 0.4) is 0 Å². The van der Waals surface area contributed by atoms with E-state index in [-0.39, 0.29) is 11.9 Å². The highest BCUT2D eigenvalue weighted by Gasteiger charge is 2.19. The van der Waals surface area contributed by atoms with Crippen LogP contribution in [0.15, 0.2) is 30.6 Å². The number of halogens is 2. The van der Waals surface area contributed by atoms with Crippen molar-refractivity contribution >= 4 is 11.6 Å². The molecule has 17 heavy (non-hydrogen) atoms. The van der Waals surface area contributed by atoms with Crippen LogP contribution in [-0.4, -0.2) is 16.6 Å². The largest absolute Gasteiger partial charge is 0.336 e. The molecule has 0 bridgehead atoms. The molecule has 2 rings (SSSR count). The molecule has 1 aromatic carbocycles. The highest BCUT2D eigenvalue weighted by atomic mass is 35.5. The standard InChI is InChI=1S/C12H13ClFN3/c1-15-11(12-16-5-6-17(12)2)9-7-8(14)3-4-10(9)13/h3-7,11,15H,1-2H3. The number of imidazole rings is 1. The Morgan fingerprint density at radius 2 is 2.24 bits per heavy atom. The molecule has 0 spiro atoms. The second-order valence-corrected chi connectivity index (χ2v) is 4.19. The van der Waals surface area contributed by atoms with Gasteiger partial charge in [-0.2, -0.15) is 0 Å². The van der Waals surface area contributed by atoms with Crippen LogP contribution in [0.25, 0.3) is 0 Å². The van der Waals surface area contributed by atoms with E-state index in [1.807, 2.05) is 17.8 Å². The predicted octanol–water partition coefficient (Wildman–Crippen LogP) is 2.52. The van der Waals surface area contributed by atoms with Crippen molar-refractivity contribution in [3.63, 3.8) is 0 Å². The molecule has 2 aromatic rings. The average Bonchev–Trinajstić information content (AvgIpc) is 2.71. The van der Waals surface area contributed by atoms with Gasteiger partial charge in [0.25, 0.3) is 0 Å². The number of rotatable bonds is 3. The van der Waals surface area contributed by atoms with Crippen molar-refractivity contribution in [3.8, 4) is 0 Å². The Morgan fingerprint density at radius 1 is 1.47 bits per heavy atom. The number of nitrogens with one attached hydrogen (secondary N) is 1. The number of hydrogen-bond acceptors (Lipinski definition) is 2. The van der Waals surface area contributed by atoms with Crippen LogP contribution >= 0.6 is 11.6 Å². The molecular weight excluding hydrogens is 241 g/mol. The van der Waals surface area contributed by atoms with Gasteiger partial charge in [0, 0.05) is 24.5 Å². The zero-order valence-electron chi connectivity index (χ0n) is 9.61. The van der Waals surface area contributed by atoms with E-state index in [0.29, 0.717) is 10.6 Å². The van der Waals surface area contributed by atoms with Crippen molar-refractivity contribution in [2.75, 3.05) is 7.05 Å². The molecule has 1 N–H and O–H groups in total. The molecule has 1 heterocycles. The van der Waals surface area contributed by atoms with E-state index in [2.05, 4.69) is 10.3 Å². The zero-order chi connectivity index (χ0) is 12.4. The third-order valence-corrected chi connectivity index (χ3v) is 3.02. The van der Waals surface area contributed by atoms with Crippen molar-refractivity contribution in [2.45, 2.75) is 6.04 Å². The second kappa shape index (κ2) is 4.85. The highest BCUT2D eigenvalue weighted by molar-refractivity contribution is 6.31. The Bertz CT molecular complexity index is 524. The normalized spacial score (nSPS) is 12.7. The van der Waals surface area contributed by atoms with Crippen LogP contribution in [-0.2, 0) is 7.05 Å². The van der Waals surface area contributed by atoms with Gasteiger partial charge in [0.15, 0.2) is 0 Å². The molecular formula is C12H13ClFN3. The zero-order valence-corrected chi connectivity index (χ0v) is 10.4. The van der Waals surface area contributed by atoms with Gasteiger partial charge in [0.05, 0.1) is 6.04 Å². The van der Waals surface area contributed by atoms with Crippen LogP contribution in [0, 0.1) is 5.82 Å². The number of benzene rings is 1. The minimum Gasteiger partial charge on any atom is -0.336 e. The van der Waals surface area contributed by atoms with Gasteiger partial charge in [-0.1, -0.05) is 11.6 Å². The number of aryl methyl sites for hydroxylation is 1. The Morgan fingerprint density at radius 3 is 2.82 bits per heavy atom. The maximum atomic E-state index is 13.3. The summed E-state index contributed by atoms with van der Waals surface area (Å²) in [5.74, 6) is 0.485. The first-order valence-electron chi connectivity index (χ1n) is 5.23. The fourth-order valence-electron chi connectivity index (χ4n) is 1.81. The van der Waals surface area contributed by atoms with Gasteiger partial charge >= 0.3 is 0 Å². The predicted molar refractivity (Wildman–Crippen MR) is 65.5 cm³/mol. The summed E-state index contributed by atoms with van der Waals surface area (Å²) in [6.07, 6.45) is 3.54. The van der Waals surface area contributed by atoms with Gasteiger partial charge in [-0.15, -0.1) is 0 Å². The van der Waals surface area contributed by atoms with Crippen LogP contribution in [0.2, 0.25) is 5.02 Å². The minimum atomic E-state index is -0.307. The van der Waals surface area contributed by atoms with E-state index in [0.717, 1.165) is 5.82 Å². The molecule has 0 fully saturated rings. The summed E-state index contributed by atoms with van der Waals surface area (Å²) in [5, 5.41) is 3.62. The van der Waals surface area contributed by atoms with Crippen molar-refractivity contribution in [1.29, 1.82) is 0 Å². The van der Waals surface area contributed by atoms with E-state index in [1.165, 1.54) is 12.1 Å². The SMILES string of the molecule is CNC(c1cc(F)ccc1Cl)c1nccn1C. The van der Waals surface area contributed by atoms with Crippen molar-refractivity contribution in [3.05, 3.63) is 52.8 Å². The summed E-state index contributed by atoms with van der Waals surface area (Å²) >= 11 is 6.10. The molecule has 0 saturated carbocycles. The fraction of sp³-hybridized carbons (Fsp3) is 0.250. The Balaban J connectivity index is 2.49. The molecule has 0 aliphatic carbocycles. The Labute approximate surface area is 104 Å². The second-order valence-electron chi connectivity index (χ2n) is 3.78. The van der Waals surface area contributed by atoms with Crippen LogP contribution in [0.1, 0.15) is 17.4 Å². The maximum absolute atomic E-state index is 13.3. The fourth-order valence-corrected chi connectivity index (χ4v) is 2.04. The maximum Gasteiger partial charge on any atom is 0.130 e. The molecule has 0 aliphatic rings. The van der Waals surface area contributed by atoms with Crippen molar-refractivity contribution < 1.29 is 4.39 Å². The lowest BCUT2D eigenvalue weighted by Crippen LogP contribution is -2.21. The van der Waals surface area contributed by atoms with E-state index in [9.17, 15) is 4.39 Å². The first-order valence-corrected chi connectivity index (χ1v) is 5.60. The molecule has 1 aromatic heterocycles. The summed E-state index contributed by atoms with van der Waals surface area (Å²) < 4.78 is 15.1. The lowest BCUT2D eigenvalue weighted by Gasteiger charge is -2.17. The third kappa shape index (κ3) is 2.33. The molecule has 90 valence electrons. The first kappa shape index (κ1) is 12.1. The molecule has 5 heteroatoms. The van der Waals surface area contributed by atoms with Crippen LogP contribution in [0.5, 0.6) is 0 Å². The van der Waals surface area contributed by atoms with E-state index < -0.39 is 0 Å². The summed E-state index contributed by atoms with van der Waals surface area (Å²) in [6.45, 7) is 0. The smallest absolute Gasteiger partial charge is 0.130 e. The van der Waals surface area contributed by atoms with E-state index in [4.69, 9.17) is 11.6 Å². The van der Waals surface area contributed by atoms with E-state index in [1.54, 1.807) is 19.3 Å². The van der Waals surface area contributed by atoms with Crippen molar-refractivity contribution in [2.24, 2.45) is 7.05 Å². The first-order chi connectivity index (χ1) is 8.13. The summed E-state index contributed by atoms with van der Waals surface area (Å²) in [6, 6.07) is 4.10. The lowest BCUT2D eigenvalue weighted by molar-refractivity contribution is 0.596. The molecule has 1 unspecified atom stereocenters. The molecule has 0 radical (unpaired) electrons. The Kier molecular flexibility index (Phi) is 3.45. The van der Waals surface area contributed by atoms with Gasteiger partial charge in [-0.25, -0.2) is 9.37 Å². The lowest BCUT2D eigenvalue weighted by atomic mass is 10.1. The highest BCUT2D eigenvalue weighted by Crippen LogP contribution is 2.27. The summed E-state index contributed by atoms with van der Waals surface area (Å²) in [7, 11) is 3.68. The number of nitrogens with zero attached hydrogens (tertiary/aromatic N) is 2. The summed E-state index contributed by atoms with van der Waals surface area (Å²) in [5.41, 5.74) is 0.684. The molecule has 0 amide bonds. The third-order valence-electron chi connectivity index (χ3n) is 2.67. The van der Waals surface area contributed by atoms with Crippen LogP contribution in [0.4, 0.5) is 4.39 Å². The minimum absolute atomic E-state index is 0.224. The number of aromatic nitrogens is 2. The monoisotopic (exact) mass is 253 g/mol. The average molecular weight is 254 g/mol. The molecule has 3 nitrogen and oxygen atoms in total. The van der Waals surface area contributed by atoms with Gasteiger partial charge < -0.3 is 9.88 Å². The van der Waals surface area contributed by atoms with Gasteiger partial charge in [0.2, 0.25) is 0 Å². The molecule has 0 aliphatic heterocycles. The molecule has 0 saturated heterocycles. The quantitative estimate of drug-likeness (QED) is 0.911. The van der Waals surface area contributed by atoms with Crippen molar-refractivity contribution in [1.82, 2.24) is 14.9 Å². The Hall–Kier alpha value is -1.39. The summed E-state index contributed by atoms with van der Waals surface area (Å²) in [4.78, 5) is 4.25.